The monoisotopic (exact) mass is 327 g/mol. The fourth-order valence-corrected chi connectivity index (χ4v) is 3.44. The summed E-state index contributed by atoms with van der Waals surface area (Å²) in [5.41, 5.74) is 1.65. The second kappa shape index (κ2) is 5.95. The molecule has 96 valence electrons. The third-order valence-corrected chi connectivity index (χ3v) is 4.44. The van der Waals surface area contributed by atoms with E-state index < -0.39 is 0 Å². The Morgan fingerprint density at radius 1 is 1.33 bits per heavy atom. The molecule has 0 saturated heterocycles. The summed E-state index contributed by atoms with van der Waals surface area (Å²) in [5.74, 6) is -0.148. The highest BCUT2D eigenvalue weighted by molar-refractivity contribution is 9.11. The van der Waals surface area contributed by atoms with Crippen LogP contribution < -0.4 is 5.32 Å². The minimum Gasteiger partial charge on any atom is -0.306 e. The fraction of sp³-hybridized carbons (Fsp3) is 0.286. The van der Waals surface area contributed by atoms with Crippen LogP contribution in [0.4, 0.5) is 4.39 Å². The molecule has 4 heteroatoms. The summed E-state index contributed by atoms with van der Waals surface area (Å²) >= 11 is 5.08. The summed E-state index contributed by atoms with van der Waals surface area (Å²) in [6.07, 6.45) is 0. The zero-order valence-corrected chi connectivity index (χ0v) is 12.7. The molecule has 2 rings (SSSR count). The average molecular weight is 328 g/mol. The van der Waals surface area contributed by atoms with Gasteiger partial charge in [0.15, 0.2) is 0 Å². The van der Waals surface area contributed by atoms with Crippen molar-refractivity contribution < 1.29 is 4.39 Å². The van der Waals surface area contributed by atoms with E-state index in [0.29, 0.717) is 5.56 Å². The number of hydrogen-bond donors (Lipinski definition) is 1. The van der Waals surface area contributed by atoms with Crippen molar-refractivity contribution in [1.82, 2.24) is 5.32 Å². The van der Waals surface area contributed by atoms with E-state index in [-0.39, 0.29) is 11.9 Å². The molecule has 0 fully saturated rings. The fourth-order valence-electron chi connectivity index (χ4n) is 1.92. The molecule has 1 unspecified atom stereocenters. The van der Waals surface area contributed by atoms with Gasteiger partial charge in [-0.15, -0.1) is 11.3 Å². The van der Waals surface area contributed by atoms with Crippen LogP contribution in [0.3, 0.4) is 0 Å². The zero-order chi connectivity index (χ0) is 13.1. The van der Waals surface area contributed by atoms with Gasteiger partial charge in [0.2, 0.25) is 0 Å². The van der Waals surface area contributed by atoms with Crippen LogP contribution in [0, 0.1) is 12.7 Å². The molecule has 1 heterocycles. The molecule has 1 nitrogen and oxygen atoms in total. The first-order chi connectivity index (χ1) is 8.61. The number of aryl methyl sites for hydroxylation is 1. The highest BCUT2D eigenvalue weighted by Gasteiger charge is 2.18. The molecule has 0 aliphatic carbocycles. The topological polar surface area (TPSA) is 12.0 Å². The first-order valence-electron chi connectivity index (χ1n) is 5.86. The molecule has 18 heavy (non-hydrogen) atoms. The first-order valence-corrected chi connectivity index (χ1v) is 7.47. The molecule has 0 spiro atoms. The molecule has 2 aromatic rings. The highest BCUT2D eigenvalue weighted by Crippen LogP contribution is 2.32. The van der Waals surface area contributed by atoms with E-state index in [0.717, 1.165) is 20.8 Å². The maximum Gasteiger partial charge on any atom is 0.128 e. The van der Waals surface area contributed by atoms with E-state index in [1.165, 1.54) is 0 Å². The van der Waals surface area contributed by atoms with Gasteiger partial charge in [0.05, 0.1) is 9.83 Å². The van der Waals surface area contributed by atoms with Gasteiger partial charge in [0, 0.05) is 10.4 Å². The van der Waals surface area contributed by atoms with Gasteiger partial charge in [-0.25, -0.2) is 4.39 Å². The van der Waals surface area contributed by atoms with Crippen molar-refractivity contribution in [3.8, 4) is 0 Å². The smallest absolute Gasteiger partial charge is 0.128 e. The third kappa shape index (κ3) is 2.99. The van der Waals surface area contributed by atoms with Gasteiger partial charge in [0.1, 0.15) is 5.82 Å². The maximum atomic E-state index is 14.1. The third-order valence-electron chi connectivity index (χ3n) is 2.75. The predicted octanol–water partition coefficient (Wildman–Crippen LogP) is 4.66. The predicted molar refractivity (Wildman–Crippen MR) is 78.7 cm³/mol. The van der Waals surface area contributed by atoms with Crippen LogP contribution >= 0.6 is 27.3 Å². The van der Waals surface area contributed by atoms with E-state index in [4.69, 9.17) is 0 Å². The Balaban J connectivity index is 2.41. The lowest BCUT2D eigenvalue weighted by Crippen LogP contribution is -2.22. The molecular formula is C14H15BrFNS. The lowest BCUT2D eigenvalue weighted by molar-refractivity contribution is 0.562. The van der Waals surface area contributed by atoms with E-state index in [2.05, 4.69) is 21.2 Å². The van der Waals surface area contributed by atoms with Crippen molar-refractivity contribution in [2.75, 3.05) is 6.54 Å². The molecule has 1 aromatic heterocycles. The largest absolute Gasteiger partial charge is 0.306 e. The van der Waals surface area contributed by atoms with E-state index in [1.54, 1.807) is 17.4 Å². The van der Waals surface area contributed by atoms with Gasteiger partial charge < -0.3 is 5.32 Å². The summed E-state index contributed by atoms with van der Waals surface area (Å²) < 4.78 is 15.1. The first kappa shape index (κ1) is 13.7. The minimum absolute atomic E-state index is 0.0769. The second-order valence-corrected chi connectivity index (χ2v) is 6.65. The average Bonchev–Trinajstić information content (AvgIpc) is 2.73. The summed E-state index contributed by atoms with van der Waals surface area (Å²) in [5, 5.41) is 3.34. The van der Waals surface area contributed by atoms with Gasteiger partial charge in [0.25, 0.3) is 0 Å². The van der Waals surface area contributed by atoms with Crippen LogP contribution in [-0.4, -0.2) is 6.54 Å². The van der Waals surface area contributed by atoms with Gasteiger partial charge in [-0.3, -0.25) is 0 Å². The summed E-state index contributed by atoms with van der Waals surface area (Å²) in [6, 6.07) is 9.35. The van der Waals surface area contributed by atoms with Crippen LogP contribution in [-0.2, 0) is 0 Å². The number of rotatable bonds is 4. The van der Waals surface area contributed by atoms with E-state index in [9.17, 15) is 4.39 Å². The van der Waals surface area contributed by atoms with Crippen molar-refractivity contribution in [3.63, 3.8) is 0 Å². The van der Waals surface area contributed by atoms with Gasteiger partial charge in [-0.05, 0) is 53.2 Å². The maximum absolute atomic E-state index is 14.1. The molecule has 1 atom stereocenters. The Morgan fingerprint density at radius 3 is 2.67 bits per heavy atom. The van der Waals surface area contributed by atoms with Crippen LogP contribution in [0.15, 0.2) is 34.1 Å². The summed E-state index contributed by atoms with van der Waals surface area (Å²) in [6.45, 7) is 4.73. The van der Waals surface area contributed by atoms with Crippen molar-refractivity contribution in [3.05, 3.63) is 55.9 Å². The Kier molecular flexibility index (Phi) is 4.54. The SMILES string of the molecule is CCNC(c1ccc(Br)s1)c1ccc(C)cc1F. The van der Waals surface area contributed by atoms with Gasteiger partial charge in [-0.1, -0.05) is 19.1 Å². The number of hydrogen-bond acceptors (Lipinski definition) is 2. The molecule has 0 aliphatic heterocycles. The lowest BCUT2D eigenvalue weighted by Gasteiger charge is -2.18. The van der Waals surface area contributed by atoms with E-state index >= 15 is 0 Å². The normalized spacial score (nSPS) is 12.7. The second-order valence-electron chi connectivity index (χ2n) is 4.16. The van der Waals surface area contributed by atoms with Crippen LogP contribution in [0.2, 0.25) is 0 Å². The van der Waals surface area contributed by atoms with E-state index in [1.807, 2.05) is 38.1 Å². The zero-order valence-electron chi connectivity index (χ0n) is 10.3. The van der Waals surface area contributed by atoms with Gasteiger partial charge >= 0.3 is 0 Å². The Labute approximate surface area is 119 Å². The molecule has 1 N–H and O–H groups in total. The standard InChI is InChI=1S/C14H15BrFNS/c1-3-17-14(12-6-7-13(15)18-12)10-5-4-9(2)8-11(10)16/h4-8,14,17H,3H2,1-2H3. The Hall–Kier alpha value is -0.710. The molecule has 0 saturated carbocycles. The van der Waals surface area contributed by atoms with Crippen LogP contribution in [0.25, 0.3) is 0 Å². The molecule has 1 aromatic carbocycles. The highest BCUT2D eigenvalue weighted by atomic mass is 79.9. The minimum atomic E-state index is -0.148. The number of halogens is 2. The number of benzene rings is 1. The molecule has 0 radical (unpaired) electrons. The van der Waals surface area contributed by atoms with Crippen molar-refractivity contribution >= 4 is 27.3 Å². The summed E-state index contributed by atoms with van der Waals surface area (Å²) in [7, 11) is 0. The van der Waals surface area contributed by atoms with Crippen molar-refractivity contribution in [2.45, 2.75) is 19.9 Å². The Morgan fingerprint density at radius 2 is 2.11 bits per heavy atom. The number of thiophene rings is 1. The molecule has 0 amide bonds. The molecule has 0 bridgehead atoms. The van der Waals surface area contributed by atoms with Crippen LogP contribution in [0.1, 0.15) is 29.0 Å². The van der Waals surface area contributed by atoms with Crippen molar-refractivity contribution in [2.24, 2.45) is 0 Å². The van der Waals surface area contributed by atoms with Crippen molar-refractivity contribution in [1.29, 1.82) is 0 Å². The number of nitrogens with one attached hydrogen (secondary N) is 1. The quantitative estimate of drug-likeness (QED) is 0.861. The van der Waals surface area contributed by atoms with Crippen LogP contribution in [0.5, 0.6) is 0 Å². The molecule has 0 aliphatic rings. The summed E-state index contributed by atoms with van der Waals surface area (Å²) in [4.78, 5) is 1.12. The Bertz CT molecular complexity index is 538. The van der Waals surface area contributed by atoms with Gasteiger partial charge in [-0.2, -0.15) is 0 Å². The lowest BCUT2D eigenvalue weighted by atomic mass is 10.0. The molecular weight excluding hydrogens is 313 g/mol.